The van der Waals surface area contributed by atoms with E-state index in [-0.39, 0.29) is 16.9 Å². The summed E-state index contributed by atoms with van der Waals surface area (Å²) in [4.78, 5) is 38.0. The van der Waals surface area contributed by atoms with Crippen molar-refractivity contribution in [2.45, 2.75) is 13.8 Å². The van der Waals surface area contributed by atoms with Gasteiger partial charge in [0.2, 0.25) is 0 Å². The normalized spacial score (nSPS) is 19.0. The summed E-state index contributed by atoms with van der Waals surface area (Å²) in [6.45, 7) is 3.65. The Labute approximate surface area is 169 Å². The molecule has 0 radical (unpaired) electrons. The van der Waals surface area contributed by atoms with Gasteiger partial charge in [-0.25, -0.2) is 14.5 Å². The number of ether oxygens (including phenoxy) is 2. The van der Waals surface area contributed by atoms with Gasteiger partial charge in [0, 0.05) is 19.4 Å². The lowest BCUT2D eigenvalue weighted by Crippen LogP contribution is -3.04. The molecule has 0 atom stereocenters. The molecule has 148 valence electrons. The van der Waals surface area contributed by atoms with E-state index in [9.17, 15) is 14.4 Å². The second kappa shape index (κ2) is 8.24. The molecule has 1 aliphatic carbocycles. The summed E-state index contributed by atoms with van der Waals surface area (Å²) in [5.74, 6) is -1.29. The molecule has 3 rings (SSSR count). The van der Waals surface area contributed by atoms with Gasteiger partial charge in [-0.15, -0.1) is 0 Å². The van der Waals surface area contributed by atoms with Crippen molar-refractivity contribution in [2.24, 2.45) is 0 Å². The Morgan fingerprint density at radius 3 is 1.72 bits per heavy atom. The average molecular weight is 392 g/mol. The van der Waals surface area contributed by atoms with E-state index in [0.29, 0.717) is 22.5 Å². The van der Waals surface area contributed by atoms with E-state index in [1.54, 1.807) is 12.2 Å². The van der Waals surface area contributed by atoms with Gasteiger partial charge in [-0.2, -0.15) is 0 Å². The third-order valence-corrected chi connectivity index (χ3v) is 4.98. The number of allylic oxidation sites excluding steroid dienone is 7. The first-order chi connectivity index (χ1) is 13.9. The molecule has 0 saturated carbocycles. The highest BCUT2D eigenvalue weighted by Crippen LogP contribution is 2.33. The Bertz CT molecular complexity index is 978. The van der Waals surface area contributed by atoms with Crippen LogP contribution in [-0.2, 0) is 23.9 Å². The van der Waals surface area contributed by atoms with E-state index in [1.165, 1.54) is 26.4 Å². The SMILES string of the molecule is COC(=O)C1=C(C)[NH+](c2ccccc2)C(C)=C(C(=O)OC)C1=C1C=CC(=O)C=C1. The summed E-state index contributed by atoms with van der Waals surface area (Å²) in [5.41, 5.74) is 3.77. The van der Waals surface area contributed by atoms with Crippen LogP contribution in [0.25, 0.3) is 0 Å². The smallest absolute Gasteiger partial charge is 0.344 e. The van der Waals surface area contributed by atoms with Gasteiger partial charge in [0.05, 0.1) is 14.2 Å². The average Bonchev–Trinajstić information content (AvgIpc) is 2.74. The van der Waals surface area contributed by atoms with Gasteiger partial charge in [0.1, 0.15) is 28.2 Å². The Morgan fingerprint density at radius 1 is 0.793 bits per heavy atom. The van der Waals surface area contributed by atoms with Crippen molar-refractivity contribution in [3.05, 3.63) is 88.3 Å². The van der Waals surface area contributed by atoms with Gasteiger partial charge < -0.3 is 9.47 Å². The second-order valence-corrected chi connectivity index (χ2v) is 6.62. The third kappa shape index (κ3) is 3.62. The summed E-state index contributed by atoms with van der Waals surface area (Å²) in [6, 6.07) is 9.53. The quantitative estimate of drug-likeness (QED) is 0.798. The molecule has 6 heteroatoms. The molecule has 1 aromatic carbocycles. The number of nitrogens with one attached hydrogen (secondary N) is 1. The lowest BCUT2D eigenvalue weighted by atomic mass is 9.85. The fourth-order valence-corrected chi connectivity index (χ4v) is 3.69. The molecule has 0 saturated heterocycles. The first-order valence-corrected chi connectivity index (χ1v) is 9.07. The molecule has 0 amide bonds. The number of esters is 2. The fraction of sp³-hybridized carbons (Fsp3) is 0.174. The molecule has 6 nitrogen and oxygen atoms in total. The van der Waals surface area contributed by atoms with Crippen LogP contribution in [0.4, 0.5) is 5.69 Å². The van der Waals surface area contributed by atoms with Crippen molar-refractivity contribution >= 4 is 23.4 Å². The lowest BCUT2D eigenvalue weighted by Gasteiger charge is -2.30. The maximum atomic E-state index is 12.8. The van der Waals surface area contributed by atoms with E-state index in [1.807, 2.05) is 44.2 Å². The van der Waals surface area contributed by atoms with Crippen molar-refractivity contribution in [2.75, 3.05) is 14.2 Å². The minimum Gasteiger partial charge on any atom is -0.465 e. The van der Waals surface area contributed by atoms with Crippen LogP contribution in [0, 0.1) is 0 Å². The molecule has 1 N–H and O–H groups in total. The molecule has 0 aromatic heterocycles. The van der Waals surface area contributed by atoms with Crippen molar-refractivity contribution in [3.8, 4) is 0 Å². The van der Waals surface area contributed by atoms with Crippen molar-refractivity contribution in [3.63, 3.8) is 0 Å². The molecule has 0 bridgehead atoms. The summed E-state index contributed by atoms with van der Waals surface area (Å²) >= 11 is 0. The van der Waals surface area contributed by atoms with Crippen molar-refractivity contribution in [1.29, 1.82) is 0 Å². The molecule has 29 heavy (non-hydrogen) atoms. The largest absolute Gasteiger partial charge is 0.465 e. The first kappa shape index (κ1) is 20.2. The van der Waals surface area contributed by atoms with Crippen molar-refractivity contribution < 1.29 is 28.8 Å². The maximum absolute atomic E-state index is 12.8. The number of hydrogen-bond donors (Lipinski definition) is 1. The van der Waals surface area contributed by atoms with E-state index < -0.39 is 11.9 Å². The number of carbonyl (C=O) groups excluding carboxylic acids is 3. The highest BCUT2D eigenvalue weighted by atomic mass is 16.5. The number of para-hydroxylation sites is 1. The Balaban J connectivity index is 2.38. The zero-order valence-corrected chi connectivity index (χ0v) is 16.7. The topological polar surface area (TPSA) is 74.1 Å². The van der Waals surface area contributed by atoms with Crippen LogP contribution in [0.1, 0.15) is 13.8 Å². The number of methoxy groups -OCH3 is 2. The summed E-state index contributed by atoms with van der Waals surface area (Å²) in [7, 11) is 2.60. The number of rotatable bonds is 3. The van der Waals surface area contributed by atoms with E-state index in [0.717, 1.165) is 10.6 Å². The standard InChI is InChI=1S/C23H21NO5/c1-14-19(22(26)28-3)21(16-10-12-18(25)13-11-16)20(23(27)29-4)15(2)24(14)17-8-6-5-7-9-17/h5-13H,1-4H3/p+1. The van der Waals surface area contributed by atoms with Gasteiger partial charge in [-0.05, 0) is 29.9 Å². The monoisotopic (exact) mass is 392 g/mol. The molecule has 1 heterocycles. The van der Waals surface area contributed by atoms with Gasteiger partial charge in [-0.3, -0.25) is 4.79 Å². The highest BCUT2D eigenvalue weighted by Gasteiger charge is 2.41. The van der Waals surface area contributed by atoms with Crippen LogP contribution >= 0.6 is 0 Å². The Hall–Kier alpha value is -3.51. The predicted molar refractivity (Wildman–Crippen MR) is 107 cm³/mol. The molecular formula is C23H22NO5+. The Kier molecular flexibility index (Phi) is 5.75. The number of quaternary nitrogens is 1. The minimum absolute atomic E-state index is 0.165. The molecule has 2 aliphatic rings. The fourth-order valence-electron chi connectivity index (χ4n) is 3.69. The van der Waals surface area contributed by atoms with Gasteiger partial charge in [0.15, 0.2) is 5.78 Å². The van der Waals surface area contributed by atoms with Crippen LogP contribution in [0.15, 0.2) is 88.3 Å². The summed E-state index contributed by atoms with van der Waals surface area (Å²) in [6.07, 6.45) is 5.98. The number of hydrogen-bond acceptors (Lipinski definition) is 5. The first-order valence-electron chi connectivity index (χ1n) is 9.07. The zero-order chi connectivity index (χ0) is 21.1. The van der Waals surface area contributed by atoms with Crippen LogP contribution in [0.3, 0.4) is 0 Å². The molecule has 1 aliphatic heterocycles. The number of carbonyl (C=O) groups is 3. The highest BCUT2D eigenvalue weighted by molar-refractivity contribution is 6.07. The van der Waals surface area contributed by atoms with Crippen LogP contribution < -0.4 is 4.90 Å². The minimum atomic E-state index is -0.564. The number of benzene rings is 1. The van der Waals surface area contributed by atoms with Crippen molar-refractivity contribution in [1.82, 2.24) is 0 Å². The van der Waals surface area contributed by atoms with Gasteiger partial charge in [0.25, 0.3) is 0 Å². The van der Waals surface area contributed by atoms with Gasteiger partial charge in [-0.1, -0.05) is 30.4 Å². The molecule has 0 unspecified atom stereocenters. The third-order valence-electron chi connectivity index (χ3n) is 4.98. The van der Waals surface area contributed by atoms with Crippen LogP contribution in [0.2, 0.25) is 0 Å². The number of ketones is 1. The van der Waals surface area contributed by atoms with E-state index in [2.05, 4.69) is 0 Å². The van der Waals surface area contributed by atoms with E-state index >= 15 is 0 Å². The Morgan fingerprint density at radius 2 is 1.28 bits per heavy atom. The molecule has 0 fully saturated rings. The summed E-state index contributed by atoms with van der Waals surface area (Å²) in [5, 5.41) is 0. The molecular weight excluding hydrogens is 370 g/mol. The lowest BCUT2D eigenvalue weighted by molar-refractivity contribution is -0.747. The maximum Gasteiger partial charge on any atom is 0.344 e. The molecule has 0 spiro atoms. The molecule has 1 aromatic rings. The van der Waals surface area contributed by atoms with Crippen LogP contribution in [-0.4, -0.2) is 31.9 Å². The second-order valence-electron chi connectivity index (χ2n) is 6.62. The van der Waals surface area contributed by atoms with Crippen LogP contribution in [0.5, 0.6) is 0 Å². The predicted octanol–water partition coefficient (Wildman–Crippen LogP) is 2.10. The van der Waals surface area contributed by atoms with E-state index in [4.69, 9.17) is 9.47 Å². The van der Waals surface area contributed by atoms with Gasteiger partial charge >= 0.3 is 11.9 Å². The summed E-state index contributed by atoms with van der Waals surface area (Å²) < 4.78 is 10.1. The zero-order valence-electron chi connectivity index (χ0n) is 16.7.